The number of furan rings is 1. The highest BCUT2D eigenvalue weighted by Crippen LogP contribution is 2.28. The van der Waals surface area contributed by atoms with E-state index in [4.69, 9.17) is 9.15 Å². The van der Waals surface area contributed by atoms with E-state index in [9.17, 15) is 9.90 Å². The summed E-state index contributed by atoms with van der Waals surface area (Å²) in [6.07, 6.45) is 3.90. The number of carbonyl (C=O) groups is 1. The van der Waals surface area contributed by atoms with Crippen LogP contribution in [0.4, 0.5) is 0 Å². The minimum atomic E-state index is -1.20. The highest BCUT2D eigenvalue weighted by Gasteiger charge is 2.27. The van der Waals surface area contributed by atoms with E-state index in [1.54, 1.807) is 19.1 Å². The molecule has 1 aromatic heterocycles. The second kappa shape index (κ2) is 5.54. The predicted molar refractivity (Wildman–Crippen MR) is 64.8 cm³/mol. The molecule has 0 bridgehead atoms. The molecular weight excluding hydrogens is 234 g/mol. The number of aliphatic hydroxyl groups is 1. The van der Waals surface area contributed by atoms with Crippen molar-refractivity contribution >= 4 is 5.91 Å². The second-order valence-corrected chi connectivity index (χ2v) is 4.99. The summed E-state index contributed by atoms with van der Waals surface area (Å²) in [5.41, 5.74) is -1.20. The molecule has 0 radical (unpaired) electrons. The van der Waals surface area contributed by atoms with Crippen molar-refractivity contribution in [1.82, 2.24) is 5.32 Å². The summed E-state index contributed by atoms with van der Waals surface area (Å²) in [5, 5.41) is 12.7. The van der Waals surface area contributed by atoms with Gasteiger partial charge in [0.2, 0.25) is 5.91 Å². The van der Waals surface area contributed by atoms with Gasteiger partial charge in [0.25, 0.3) is 0 Å². The number of nitrogens with one attached hydrogen (secondary N) is 1. The summed E-state index contributed by atoms with van der Waals surface area (Å²) in [4.78, 5) is 11.5. The Labute approximate surface area is 106 Å². The third-order valence-corrected chi connectivity index (χ3v) is 2.97. The lowest BCUT2D eigenvalue weighted by Gasteiger charge is -2.21. The van der Waals surface area contributed by atoms with Gasteiger partial charge in [-0.25, -0.2) is 0 Å². The highest BCUT2D eigenvalue weighted by atomic mass is 16.5. The van der Waals surface area contributed by atoms with Gasteiger partial charge in [-0.1, -0.05) is 0 Å². The van der Waals surface area contributed by atoms with E-state index in [1.165, 1.54) is 19.1 Å². The molecule has 1 aliphatic rings. The standard InChI is InChI=1S/C13H19NO4/c1-13(16,11-3-2-6-18-11)9-14-12(15)8-17-7-10-4-5-10/h2-3,6,10,16H,4-5,7-9H2,1H3,(H,14,15). The van der Waals surface area contributed by atoms with Crippen LogP contribution >= 0.6 is 0 Å². The molecule has 1 aromatic rings. The summed E-state index contributed by atoms with van der Waals surface area (Å²) < 4.78 is 10.4. The average Bonchev–Trinajstić information content (AvgIpc) is 2.96. The van der Waals surface area contributed by atoms with E-state index in [0.29, 0.717) is 18.3 Å². The zero-order valence-electron chi connectivity index (χ0n) is 10.5. The lowest BCUT2D eigenvalue weighted by Crippen LogP contribution is -2.40. The van der Waals surface area contributed by atoms with E-state index < -0.39 is 5.60 Å². The van der Waals surface area contributed by atoms with E-state index in [0.717, 1.165) is 0 Å². The lowest BCUT2D eigenvalue weighted by atomic mass is 10.0. The Hall–Kier alpha value is -1.33. The van der Waals surface area contributed by atoms with Gasteiger partial charge in [0, 0.05) is 0 Å². The maximum absolute atomic E-state index is 11.5. The molecule has 1 heterocycles. The van der Waals surface area contributed by atoms with Gasteiger partial charge in [-0.2, -0.15) is 0 Å². The van der Waals surface area contributed by atoms with Gasteiger partial charge in [0.05, 0.1) is 19.4 Å². The highest BCUT2D eigenvalue weighted by molar-refractivity contribution is 5.77. The first kappa shape index (κ1) is 13.1. The van der Waals surface area contributed by atoms with Gasteiger partial charge in [-0.3, -0.25) is 4.79 Å². The number of amides is 1. The Morgan fingerprint density at radius 3 is 3.06 bits per heavy atom. The largest absolute Gasteiger partial charge is 0.466 e. The van der Waals surface area contributed by atoms with Crippen molar-refractivity contribution in [3.63, 3.8) is 0 Å². The number of rotatable bonds is 7. The molecule has 2 rings (SSSR count). The zero-order chi connectivity index (χ0) is 13.0. The van der Waals surface area contributed by atoms with Crippen LogP contribution in [0.5, 0.6) is 0 Å². The third-order valence-electron chi connectivity index (χ3n) is 2.97. The molecule has 0 saturated heterocycles. The van der Waals surface area contributed by atoms with Crippen LogP contribution in [-0.4, -0.2) is 30.8 Å². The van der Waals surface area contributed by atoms with Crippen molar-refractivity contribution < 1.29 is 19.1 Å². The van der Waals surface area contributed by atoms with Crippen LogP contribution in [0.3, 0.4) is 0 Å². The molecular formula is C13H19NO4. The maximum atomic E-state index is 11.5. The lowest BCUT2D eigenvalue weighted by molar-refractivity contribution is -0.127. The summed E-state index contributed by atoms with van der Waals surface area (Å²) in [6.45, 7) is 2.40. The maximum Gasteiger partial charge on any atom is 0.246 e. The van der Waals surface area contributed by atoms with Gasteiger partial charge >= 0.3 is 0 Å². The zero-order valence-corrected chi connectivity index (χ0v) is 10.5. The molecule has 1 saturated carbocycles. The summed E-state index contributed by atoms with van der Waals surface area (Å²) in [5.74, 6) is 0.855. The van der Waals surface area contributed by atoms with Crippen molar-refractivity contribution in [1.29, 1.82) is 0 Å². The molecule has 1 unspecified atom stereocenters. The topological polar surface area (TPSA) is 71.7 Å². The molecule has 0 aromatic carbocycles. The second-order valence-electron chi connectivity index (χ2n) is 4.99. The summed E-state index contributed by atoms with van der Waals surface area (Å²) in [6, 6.07) is 3.38. The normalized spacial score (nSPS) is 18.3. The molecule has 1 fully saturated rings. The number of hydrogen-bond acceptors (Lipinski definition) is 4. The van der Waals surface area contributed by atoms with E-state index in [1.807, 2.05) is 0 Å². The fraction of sp³-hybridized carbons (Fsp3) is 0.615. The van der Waals surface area contributed by atoms with Crippen LogP contribution in [0.25, 0.3) is 0 Å². The summed E-state index contributed by atoms with van der Waals surface area (Å²) in [7, 11) is 0. The SMILES string of the molecule is CC(O)(CNC(=O)COCC1CC1)c1ccco1. The number of carbonyl (C=O) groups excluding carboxylic acids is 1. The quantitative estimate of drug-likeness (QED) is 0.761. The first-order chi connectivity index (χ1) is 8.58. The van der Waals surface area contributed by atoms with E-state index >= 15 is 0 Å². The molecule has 100 valence electrons. The van der Waals surface area contributed by atoms with Gasteiger partial charge in [0.15, 0.2) is 0 Å². The first-order valence-electron chi connectivity index (χ1n) is 6.19. The first-order valence-corrected chi connectivity index (χ1v) is 6.19. The van der Waals surface area contributed by atoms with Gasteiger partial charge in [0.1, 0.15) is 18.0 Å². The minimum Gasteiger partial charge on any atom is -0.466 e. The fourth-order valence-electron chi connectivity index (χ4n) is 1.60. The molecule has 1 atom stereocenters. The molecule has 0 spiro atoms. The Morgan fingerprint density at radius 2 is 2.44 bits per heavy atom. The average molecular weight is 253 g/mol. The molecule has 5 heteroatoms. The monoisotopic (exact) mass is 253 g/mol. The molecule has 1 amide bonds. The molecule has 0 aliphatic heterocycles. The minimum absolute atomic E-state index is 0.0464. The van der Waals surface area contributed by atoms with Crippen molar-refractivity contribution in [2.45, 2.75) is 25.4 Å². The van der Waals surface area contributed by atoms with E-state index in [2.05, 4.69) is 5.32 Å². The van der Waals surface area contributed by atoms with Crippen LogP contribution in [0.2, 0.25) is 0 Å². The Kier molecular flexibility index (Phi) is 4.04. The van der Waals surface area contributed by atoms with Crippen molar-refractivity contribution in [2.24, 2.45) is 5.92 Å². The smallest absolute Gasteiger partial charge is 0.246 e. The Bertz CT molecular complexity index is 382. The number of ether oxygens (including phenoxy) is 1. The van der Waals surface area contributed by atoms with Gasteiger partial charge in [-0.15, -0.1) is 0 Å². The van der Waals surface area contributed by atoms with Crippen LogP contribution < -0.4 is 5.32 Å². The molecule has 5 nitrogen and oxygen atoms in total. The van der Waals surface area contributed by atoms with Crippen LogP contribution in [0, 0.1) is 5.92 Å². The van der Waals surface area contributed by atoms with Crippen molar-refractivity contribution in [2.75, 3.05) is 19.8 Å². The van der Waals surface area contributed by atoms with Gasteiger partial charge < -0.3 is 19.6 Å². The van der Waals surface area contributed by atoms with Crippen LogP contribution in [0.15, 0.2) is 22.8 Å². The van der Waals surface area contributed by atoms with Crippen LogP contribution in [0.1, 0.15) is 25.5 Å². The Balaban J connectivity index is 1.67. The van der Waals surface area contributed by atoms with Crippen molar-refractivity contribution in [3.05, 3.63) is 24.2 Å². The third kappa shape index (κ3) is 3.85. The number of hydrogen-bond donors (Lipinski definition) is 2. The predicted octanol–water partition coefficient (Wildman–Crippen LogP) is 1.03. The molecule has 1 aliphatic carbocycles. The van der Waals surface area contributed by atoms with Crippen molar-refractivity contribution in [3.8, 4) is 0 Å². The van der Waals surface area contributed by atoms with Gasteiger partial charge in [-0.05, 0) is 37.8 Å². The molecule has 18 heavy (non-hydrogen) atoms. The van der Waals surface area contributed by atoms with E-state index in [-0.39, 0.29) is 19.1 Å². The summed E-state index contributed by atoms with van der Waals surface area (Å²) >= 11 is 0. The van der Waals surface area contributed by atoms with Crippen LogP contribution in [-0.2, 0) is 15.1 Å². The fourth-order valence-corrected chi connectivity index (χ4v) is 1.60. The Morgan fingerprint density at radius 1 is 1.67 bits per heavy atom. The molecule has 2 N–H and O–H groups in total.